The van der Waals surface area contributed by atoms with Crippen molar-refractivity contribution in [1.82, 2.24) is 9.97 Å². The first-order valence-corrected chi connectivity index (χ1v) is 8.27. The minimum Gasteiger partial charge on any atom is -0.287 e. The number of ketones is 1. The van der Waals surface area contributed by atoms with Crippen LogP contribution in [0.5, 0.6) is 0 Å². The van der Waals surface area contributed by atoms with Crippen LogP contribution in [0.25, 0.3) is 6.08 Å². The van der Waals surface area contributed by atoms with E-state index in [9.17, 15) is 4.79 Å². The van der Waals surface area contributed by atoms with E-state index in [1.54, 1.807) is 18.5 Å². The van der Waals surface area contributed by atoms with Crippen LogP contribution in [-0.4, -0.2) is 15.8 Å². The summed E-state index contributed by atoms with van der Waals surface area (Å²) in [5.41, 5.74) is 2.30. The Morgan fingerprint density at radius 3 is 2.55 bits per heavy atom. The first kappa shape index (κ1) is 16.6. The van der Waals surface area contributed by atoms with Crippen molar-refractivity contribution in [2.45, 2.75) is 32.6 Å². The van der Waals surface area contributed by atoms with Crippen LogP contribution in [0.2, 0.25) is 0 Å². The molecule has 0 fully saturated rings. The molecule has 0 N–H and O–H groups in total. The van der Waals surface area contributed by atoms with Gasteiger partial charge in [0.1, 0.15) is 5.69 Å². The van der Waals surface area contributed by atoms with Crippen LogP contribution >= 0.6 is 15.9 Å². The highest BCUT2D eigenvalue weighted by Gasteiger charge is 2.04. The minimum atomic E-state index is -0.129. The van der Waals surface area contributed by atoms with E-state index in [-0.39, 0.29) is 5.78 Å². The molecule has 114 valence electrons. The number of aromatic nitrogens is 2. The smallest absolute Gasteiger partial charge is 0.205 e. The Hall–Kier alpha value is -1.81. The van der Waals surface area contributed by atoms with Gasteiger partial charge in [-0.05, 0) is 36.6 Å². The van der Waals surface area contributed by atoms with E-state index < -0.39 is 0 Å². The van der Waals surface area contributed by atoms with Crippen molar-refractivity contribution >= 4 is 27.8 Å². The predicted octanol–water partition coefficient (Wildman–Crippen LogP) is 4.87. The van der Waals surface area contributed by atoms with Crippen molar-refractivity contribution in [3.05, 3.63) is 64.2 Å². The molecule has 4 heteroatoms. The van der Waals surface area contributed by atoms with E-state index in [1.807, 2.05) is 24.3 Å². The Bertz CT molecular complexity index is 633. The number of carbonyl (C=O) groups is 1. The zero-order chi connectivity index (χ0) is 15.8. The lowest BCUT2D eigenvalue weighted by Gasteiger charge is -2.00. The van der Waals surface area contributed by atoms with Gasteiger partial charge in [-0.25, -0.2) is 4.98 Å². The summed E-state index contributed by atoms with van der Waals surface area (Å²) in [7, 11) is 0. The summed E-state index contributed by atoms with van der Waals surface area (Å²) in [4.78, 5) is 20.6. The number of hydrogen-bond donors (Lipinski definition) is 0. The highest BCUT2D eigenvalue weighted by Crippen LogP contribution is 2.12. The lowest BCUT2D eigenvalue weighted by molar-refractivity contribution is 0.104. The standard InChI is InChI=1S/C18H19BrN2O/c1-2-3-4-5-16-12-21-17(13-20-16)18(22)11-8-14-6-9-15(19)10-7-14/h6-13H,2-5H2,1H3/b11-8+. The highest BCUT2D eigenvalue weighted by atomic mass is 79.9. The third kappa shape index (κ3) is 5.19. The normalized spacial score (nSPS) is 11.0. The number of carbonyl (C=O) groups excluding carboxylic acids is 1. The molecule has 0 aliphatic heterocycles. The third-order valence-corrected chi connectivity index (χ3v) is 3.82. The summed E-state index contributed by atoms with van der Waals surface area (Å²) >= 11 is 3.38. The molecule has 2 aromatic rings. The van der Waals surface area contributed by atoms with Gasteiger partial charge < -0.3 is 0 Å². The molecule has 0 atom stereocenters. The number of hydrogen-bond acceptors (Lipinski definition) is 3. The molecule has 0 bridgehead atoms. The van der Waals surface area contributed by atoms with Gasteiger partial charge in [0.2, 0.25) is 5.78 Å². The fourth-order valence-corrected chi connectivity index (χ4v) is 2.26. The Kier molecular flexibility index (Phi) is 6.46. The lowest BCUT2D eigenvalue weighted by atomic mass is 10.1. The van der Waals surface area contributed by atoms with Crippen molar-refractivity contribution in [2.24, 2.45) is 0 Å². The van der Waals surface area contributed by atoms with Crippen molar-refractivity contribution in [3.63, 3.8) is 0 Å². The van der Waals surface area contributed by atoms with Crippen molar-refractivity contribution in [2.75, 3.05) is 0 Å². The van der Waals surface area contributed by atoms with Gasteiger partial charge in [-0.15, -0.1) is 0 Å². The molecule has 22 heavy (non-hydrogen) atoms. The number of unbranched alkanes of at least 4 members (excludes halogenated alkanes) is 2. The Balaban J connectivity index is 1.96. The molecule has 0 aliphatic rings. The summed E-state index contributed by atoms with van der Waals surface area (Å²) in [6.45, 7) is 2.17. The Labute approximate surface area is 139 Å². The van der Waals surface area contributed by atoms with Crippen LogP contribution in [0.3, 0.4) is 0 Å². The van der Waals surface area contributed by atoms with Gasteiger partial charge in [-0.3, -0.25) is 9.78 Å². The van der Waals surface area contributed by atoms with Crippen LogP contribution in [-0.2, 0) is 6.42 Å². The average molecular weight is 359 g/mol. The summed E-state index contributed by atoms with van der Waals surface area (Å²) in [6, 6.07) is 7.76. The van der Waals surface area contributed by atoms with Crippen molar-refractivity contribution in [3.8, 4) is 0 Å². The first-order valence-electron chi connectivity index (χ1n) is 7.48. The van der Waals surface area contributed by atoms with Crippen LogP contribution in [0, 0.1) is 0 Å². The van der Waals surface area contributed by atoms with Crippen LogP contribution in [0.1, 0.15) is 47.9 Å². The number of halogens is 1. The zero-order valence-electron chi connectivity index (χ0n) is 12.6. The second kappa shape index (κ2) is 8.59. The second-order valence-corrected chi connectivity index (χ2v) is 6.01. The van der Waals surface area contributed by atoms with Gasteiger partial charge in [-0.1, -0.05) is 53.9 Å². The molecule has 1 aromatic carbocycles. The fraction of sp³-hybridized carbons (Fsp3) is 0.278. The molecule has 0 saturated carbocycles. The van der Waals surface area contributed by atoms with E-state index in [0.717, 1.165) is 28.6 Å². The summed E-state index contributed by atoms with van der Waals surface area (Å²) in [6.07, 6.45) is 11.0. The highest BCUT2D eigenvalue weighted by molar-refractivity contribution is 9.10. The van der Waals surface area contributed by atoms with Crippen molar-refractivity contribution < 1.29 is 4.79 Å². The SMILES string of the molecule is CCCCCc1cnc(C(=O)/C=C/c2ccc(Br)cc2)cn1. The van der Waals surface area contributed by atoms with Gasteiger partial charge in [-0.2, -0.15) is 0 Å². The first-order chi connectivity index (χ1) is 10.7. The molecule has 0 radical (unpaired) electrons. The van der Waals surface area contributed by atoms with E-state index in [4.69, 9.17) is 0 Å². The maximum Gasteiger partial charge on any atom is 0.205 e. The lowest BCUT2D eigenvalue weighted by Crippen LogP contribution is -2.01. The quantitative estimate of drug-likeness (QED) is 0.402. The monoisotopic (exact) mass is 358 g/mol. The maximum absolute atomic E-state index is 12.1. The maximum atomic E-state index is 12.1. The molecule has 3 nitrogen and oxygen atoms in total. The van der Waals surface area contributed by atoms with E-state index >= 15 is 0 Å². The zero-order valence-corrected chi connectivity index (χ0v) is 14.2. The molecule has 1 aromatic heterocycles. The molecule has 2 rings (SSSR count). The predicted molar refractivity (Wildman–Crippen MR) is 92.8 cm³/mol. The van der Waals surface area contributed by atoms with Gasteiger partial charge in [0, 0.05) is 10.7 Å². The Morgan fingerprint density at radius 1 is 1.14 bits per heavy atom. The van der Waals surface area contributed by atoms with Crippen molar-refractivity contribution in [1.29, 1.82) is 0 Å². The van der Waals surface area contributed by atoms with Gasteiger partial charge in [0.15, 0.2) is 0 Å². The number of allylic oxidation sites excluding steroid dienone is 1. The molecule has 1 heterocycles. The van der Waals surface area contributed by atoms with Crippen LogP contribution < -0.4 is 0 Å². The van der Waals surface area contributed by atoms with E-state index in [2.05, 4.69) is 32.8 Å². The summed E-state index contributed by atoms with van der Waals surface area (Å²) in [5.74, 6) is -0.129. The van der Waals surface area contributed by atoms with Crippen LogP contribution in [0.15, 0.2) is 47.2 Å². The topological polar surface area (TPSA) is 42.9 Å². The largest absolute Gasteiger partial charge is 0.287 e. The fourth-order valence-electron chi connectivity index (χ4n) is 2.00. The number of nitrogens with zero attached hydrogens (tertiary/aromatic N) is 2. The van der Waals surface area contributed by atoms with E-state index in [1.165, 1.54) is 18.9 Å². The number of rotatable bonds is 7. The molecule has 0 unspecified atom stereocenters. The van der Waals surface area contributed by atoms with Crippen LogP contribution in [0.4, 0.5) is 0 Å². The minimum absolute atomic E-state index is 0.129. The number of aryl methyl sites for hydroxylation is 1. The molecular weight excluding hydrogens is 340 g/mol. The molecule has 0 aliphatic carbocycles. The third-order valence-electron chi connectivity index (χ3n) is 3.29. The molecule has 0 spiro atoms. The molecule has 0 saturated heterocycles. The summed E-state index contributed by atoms with van der Waals surface area (Å²) < 4.78 is 1.01. The summed E-state index contributed by atoms with van der Waals surface area (Å²) in [5, 5.41) is 0. The Morgan fingerprint density at radius 2 is 1.91 bits per heavy atom. The van der Waals surface area contributed by atoms with Gasteiger partial charge >= 0.3 is 0 Å². The van der Waals surface area contributed by atoms with E-state index in [0.29, 0.717) is 5.69 Å². The molecule has 0 amide bonds. The molecular formula is C18H19BrN2O. The number of benzene rings is 1. The van der Waals surface area contributed by atoms with Gasteiger partial charge in [0.05, 0.1) is 11.9 Å². The second-order valence-electron chi connectivity index (χ2n) is 5.10. The van der Waals surface area contributed by atoms with Gasteiger partial charge in [0.25, 0.3) is 0 Å². The average Bonchev–Trinajstić information content (AvgIpc) is 2.55.